The number of thiophene rings is 1. The molecular formula is C13H12ClNS. The molecule has 1 aromatic carbocycles. The largest absolute Gasteiger partial charge is 0.312 e. The minimum atomic E-state index is 0.807. The van der Waals surface area contributed by atoms with Gasteiger partial charge in [-0.1, -0.05) is 23.7 Å². The smallest absolute Gasteiger partial charge is 0.0412 e. The summed E-state index contributed by atoms with van der Waals surface area (Å²) < 4.78 is 0. The Morgan fingerprint density at radius 1 is 1.25 bits per heavy atom. The molecule has 16 heavy (non-hydrogen) atoms. The van der Waals surface area contributed by atoms with Crippen molar-refractivity contribution in [2.24, 2.45) is 0 Å². The SMILES string of the molecule is Clc1cccc(-c2cc3c(s2)CNCC3)c1. The predicted octanol–water partition coefficient (Wildman–Crippen LogP) is 3.71. The molecule has 1 N–H and O–H groups in total. The summed E-state index contributed by atoms with van der Waals surface area (Å²) in [5.41, 5.74) is 2.73. The monoisotopic (exact) mass is 249 g/mol. The van der Waals surface area contributed by atoms with Gasteiger partial charge < -0.3 is 5.32 Å². The summed E-state index contributed by atoms with van der Waals surface area (Å²) in [4.78, 5) is 2.80. The summed E-state index contributed by atoms with van der Waals surface area (Å²) in [6.07, 6.45) is 1.15. The number of nitrogens with one attached hydrogen (secondary N) is 1. The third kappa shape index (κ3) is 1.88. The van der Waals surface area contributed by atoms with E-state index in [0.29, 0.717) is 0 Å². The average molecular weight is 250 g/mol. The zero-order valence-corrected chi connectivity index (χ0v) is 10.4. The van der Waals surface area contributed by atoms with Gasteiger partial charge in [0.05, 0.1) is 0 Å². The molecule has 3 rings (SSSR count). The Bertz CT molecular complexity index is 495. The van der Waals surface area contributed by atoms with Crippen LogP contribution in [0.4, 0.5) is 0 Å². The maximum Gasteiger partial charge on any atom is 0.0412 e. The van der Waals surface area contributed by atoms with Gasteiger partial charge in [-0.25, -0.2) is 0 Å². The van der Waals surface area contributed by atoms with Crippen LogP contribution in [0.2, 0.25) is 5.02 Å². The number of benzene rings is 1. The lowest BCUT2D eigenvalue weighted by molar-refractivity contribution is 0.655. The van der Waals surface area contributed by atoms with Gasteiger partial charge in [0, 0.05) is 21.3 Å². The van der Waals surface area contributed by atoms with Gasteiger partial charge in [0.25, 0.3) is 0 Å². The topological polar surface area (TPSA) is 12.0 Å². The molecule has 1 aliphatic heterocycles. The molecule has 1 aliphatic rings. The van der Waals surface area contributed by atoms with Crippen molar-refractivity contribution in [3.8, 4) is 10.4 Å². The number of halogens is 1. The molecule has 3 heteroatoms. The lowest BCUT2D eigenvalue weighted by atomic mass is 10.1. The van der Waals surface area contributed by atoms with Gasteiger partial charge in [0.2, 0.25) is 0 Å². The van der Waals surface area contributed by atoms with Crippen molar-refractivity contribution in [1.82, 2.24) is 5.32 Å². The second-order valence-electron chi connectivity index (χ2n) is 4.00. The normalized spacial score (nSPS) is 14.8. The second-order valence-corrected chi connectivity index (χ2v) is 5.57. The van der Waals surface area contributed by atoms with Crippen molar-refractivity contribution in [2.75, 3.05) is 6.54 Å². The average Bonchev–Trinajstić information content (AvgIpc) is 2.72. The molecule has 0 spiro atoms. The summed E-state index contributed by atoms with van der Waals surface area (Å²) in [6.45, 7) is 2.11. The molecule has 0 saturated heterocycles. The van der Waals surface area contributed by atoms with Gasteiger partial charge in [-0.15, -0.1) is 11.3 Å². The standard InChI is InChI=1S/C13H12ClNS/c14-11-3-1-2-9(6-11)12-7-10-4-5-15-8-13(10)16-12/h1-3,6-7,15H,4-5,8H2. The summed E-state index contributed by atoms with van der Waals surface area (Å²) >= 11 is 7.89. The van der Waals surface area contributed by atoms with Crippen LogP contribution >= 0.6 is 22.9 Å². The molecule has 0 unspecified atom stereocenters. The molecule has 0 saturated carbocycles. The molecule has 0 atom stereocenters. The molecule has 1 nitrogen and oxygen atoms in total. The summed E-state index contributed by atoms with van der Waals surface area (Å²) in [6, 6.07) is 10.4. The van der Waals surface area contributed by atoms with E-state index in [-0.39, 0.29) is 0 Å². The molecule has 0 aliphatic carbocycles. The van der Waals surface area contributed by atoms with Crippen molar-refractivity contribution >= 4 is 22.9 Å². The molecule has 0 bridgehead atoms. The summed E-state index contributed by atoms with van der Waals surface area (Å²) in [5.74, 6) is 0. The maximum absolute atomic E-state index is 6.01. The van der Waals surface area contributed by atoms with Crippen LogP contribution in [-0.2, 0) is 13.0 Å². The van der Waals surface area contributed by atoms with E-state index in [4.69, 9.17) is 11.6 Å². The zero-order valence-electron chi connectivity index (χ0n) is 8.79. The van der Waals surface area contributed by atoms with E-state index < -0.39 is 0 Å². The fourth-order valence-electron chi connectivity index (χ4n) is 2.04. The van der Waals surface area contributed by atoms with Crippen molar-refractivity contribution in [3.63, 3.8) is 0 Å². The lowest BCUT2D eigenvalue weighted by Crippen LogP contribution is -2.21. The number of hydrogen-bond acceptors (Lipinski definition) is 2. The highest BCUT2D eigenvalue weighted by molar-refractivity contribution is 7.15. The van der Waals surface area contributed by atoms with Crippen LogP contribution in [0, 0.1) is 0 Å². The molecule has 0 fully saturated rings. The van der Waals surface area contributed by atoms with Crippen molar-refractivity contribution in [2.45, 2.75) is 13.0 Å². The minimum Gasteiger partial charge on any atom is -0.312 e. The van der Waals surface area contributed by atoms with Gasteiger partial charge in [0.15, 0.2) is 0 Å². The Kier molecular flexibility index (Phi) is 2.72. The third-order valence-electron chi connectivity index (χ3n) is 2.86. The summed E-state index contributed by atoms with van der Waals surface area (Å²) in [5, 5.41) is 4.21. The van der Waals surface area contributed by atoms with Crippen molar-refractivity contribution in [1.29, 1.82) is 0 Å². The fourth-order valence-corrected chi connectivity index (χ4v) is 3.40. The maximum atomic E-state index is 6.01. The molecule has 2 heterocycles. The molecule has 2 aromatic rings. The molecule has 0 amide bonds. The highest BCUT2D eigenvalue weighted by Gasteiger charge is 2.13. The quantitative estimate of drug-likeness (QED) is 0.813. The Morgan fingerprint density at radius 3 is 3.00 bits per heavy atom. The molecule has 0 radical (unpaired) electrons. The van der Waals surface area contributed by atoms with Crippen LogP contribution in [0.3, 0.4) is 0 Å². The first-order chi connectivity index (χ1) is 7.83. The van der Waals surface area contributed by atoms with E-state index in [1.54, 1.807) is 0 Å². The van der Waals surface area contributed by atoms with E-state index in [0.717, 1.165) is 24.5 Å². The number of fused-ring (bicyclic) bond motifs is 1. The van der Waals surface area contributed by atoms with Crippen LogP contribution in [0.15, 0.2) is 30.3 Å². The molecule has 1 aromatic heterocycles. The predicted molar refractivity (Wildman–Crippen MR) is 70.2 cm³/mol. The van der Waals surface area contributed by atoms with Crippen LogP contribution in [0.1, 0.15) is 10.4 Å². The first-order valence-corrected chi connectivity index (χ1v) is 6.60. The zero-order chi connectivity index (χ0) is 11.0. The van der Waals surface area contributed by atoms with Gasteiger partial charge in [-0.2, -0.15) is 0 Å². The van der Waals surface area contributed by atoms with Crippen LogP contribution in [-0.4, -0.2) is 6.54 Å². The van der Waals surface area contributed by atoms with Crippen LogP contribution in [0.25, 0.3) is 10.4 Å². The van der Waals surface area contributed by atoms with E-state index in [1.165, 1.54) is 20.9 Å². The van der Waals surface area contributed by atoms with Gasteiger partial charge in [0.1, 0.15) is 0 Å². The lowest BCUT2D eigenvalue weighted by Gasteiger charge is -2.10. The fraction of sp³-hybridized carbons (Fsp3) is 0.231. The Balaban J connectivity index is 2.03. The van der Waals surface area contributed by atoms with Gasteiger partial charge >= 0.3 is 0 Å². The van der Waals surface area contributed by atoms with Crippen LogP contribution < -0.4 is 5.32 Å². The van der Waals surface area contributed by atoms with E-state index in [9.17, 15) is 0 Å². The Hall–Kier alpha value is -0.830. The number of hydrogen-bond donors (Lipinski definition) is 1. The third-order valence-corrected chi connectivity index (χ3v) is 4.32. The molecular weight excluding hydrogens is 238 g/mol. The number of rotatable bonds is 1. The van der Waals surface area contributed by atoms with Crippen molar-refractivity contribution in [3.05, 3.63) is 45.8 Å². The van der Waals surface area contributed by atoms with Gasteiger partial charge in [-0.3, -0.25) is 0 Å². The van der Waals surface area contributed by atoms with E-state index in [1.807, 2.05) is 29.5 Å². The van der Waals surface area contributed by atoms with E-state index in [2.05, 4.69) is 17.4 Å². The minimum absolute atomic E-state index is 0.807. The first kappa shape index (κ1) is 10.3. The highest BCUT2D eigenvalue weighted by atomic mass is 35.5. The van der Waals surface area contributed by atoms with Crippen molar-refractivity contribution < 1.29 is 0 Å². The van der Waals surface area contributed by atoms with Gasteiger partial charge in [-0.05, 0) is 42.3 Å². The first-order valence-electron chi connectivity index (χ1n) is 5.41. The highest BCUT2D eigenvalue weighted by Crippen LogP contribution is 2.33. The molecule has 82 valence electrons. The Labute approximate surface area is 104 Å². The van der Waals surface area contributed by atoms with Crippen LogP contribution in [0.5, 0.6) is 0 Å². The summed E-state index contributed by atoms with van der Waals surface area (Å²) in [7, 11) is 0. The Morgan fingerprint density at radius 2 is 2.19 bits per heavy atom. The second kappa shape index (κ2) is 4.21. The van der Waals surface area contributed by atoms with E-state index >= 15 is 0 Å².